The highest BCUT2D eigenvalue weighted by molar-refractivity contribution is 5.90. The molecule has 1 fully saturated rings. The second-order valence-corrected chi connectivity index (χ2v) is 5.03. The van der Waals surface area contributed by atoms with Gasteiger partial charge in [0.1, 0.15) is 11.4 Å². The normalized spacial score (nSPS) is 14.5. The van der Waals surface area contributed by atoms with Gasteiger partial charge in [0, 0.05) is 12.0 Å². The molecular formula is C13H14N4O3. The zero-order valence-corrected chi connectivity index (χ0v) is 11.2. The Labute approximate surface area is 114 Å². The maximum absolute atomic E-state index is 11.7. The molecule has 0 unspecified atom stereocenters. The first-order valence-corrected chi connectivity index (χ1v) is 6.38. The number of rotatable bonds is 3. The molecule has 0 aromatic carbocycles. The van der Waals surface area contributed by atoms with E-state index in [1.165, 1.54) is 10.7 Å². The van der Waals surface area contributed by atoms with Crippen molar-refractivity contribution in [1.29, 1.82) is 0 Å². The Balaban J connectivity index is 2.16. The molecule has 0 aliphatic heterocycles. The molecule has 0 radical (unpaired) electrons. The van der Waals surface area contributed by atoms with Crippen molar-refractivity contribution in [2.45, 2.75) is 32.6 Å². The summed E-state index contributed by atoms with van der Waals surface area (Å²) in [6.07, 6.45) is 2.04. The van der Waals surface area contributed by atoms with Gasteiger partial charge in [-0.15, -0.1) is 0 Å². The Hall–Kier alpha value is -2.44. The van der Waals surface area contributed by atoms with E-state index < -0.39 is 5.97 Å². The monoisotopic (exact) mass is 274 g/mol. The fourth-order valence-electron chi connectivity index (χ4n) is 2.30. The number of nitrogens with zero attached hydrogens (tertiary/aromatic N) is 3. The minimum Gasteiger partial charge on any atom is -0.478 e. The van der Waals surface area contributed by atoms with Crippen LogP contribution in [0.2, 0.25) is 0 Å². The van der Waals surface area contributed by atoms with E-state index in [1.807, 2.05) is 0 Å². The van der Waals surface area contributed by atoms with Crippen molar-refractivity contribution >= 4 is 5.97 Å². The third-order valence-electron chi connectivity index (χ3n) is 3.43. The Morgan fingerprint density at radius 1 is 1.45 bits per heavy atom. The van der Waals surface area contributed by atoms with Gasteiger partial charge in [0.15, 0.2) is 5.82 Å². The second-order valence-electron chi connectivity index (χ2n) is 5.03. The molecule has 1 saturated carbocycles. The summed E-state index contributed by atoms with van der Waals surface area (Å²) in [6, 6.07) is 1.33. The van der Waals surface area contributed by atoms with Crippen LogP contribution in [0.25, 0.3) is 5.82 Å². The van der Waals surface area contributed by atoms with Crippen LogP contribution in [0.1, 0.15) is 46.3 Å². The van der Waals surface area contributed by atoms with Crippen LogP contribution in [0.4, 0.5) is 0 Å². The molecule has 3 rings (SSSR count). The number of carbonyl (C=O) groups is 1. The van der Waals surface area contributed by atoms with Gasteiger partial charge in [0.05, 0.1) is 11.4 Å². The van der Waals surface area contributed by atoms with E-state index in [-0.39, 0.29) is 11.1 Å². The third kappa shape index (κ3) is 2.01. The lowest BCUT2D eigenvalue weighted by Gasteiger charge is -2.05. The minimum absolute atomic E-state index is 0.153. The molecule has 2 N–H and O–H groups in total. The number of nitrogens with one attached hydrogen (secondary N) is 1. The molecule has 7 heteroatoms. The van der Waals surface area contributed by atoms with Gasteiger partial charge >= 0.3 is 5.97 Å². The molecule has 0 saturated heterocycles. The Kier molecular flexibility index (Phi) is 2.70. The van der Waals surface area contributed by atoms with Crippen LogP contribution >= 0.6 is 0 Å². The number of aromatic carboxylic acids is 1. The molecule has 0 atom stereocenters. The van der Waals surface area contributed by atoms with Crippen LogP contribution in [0.3, 0.4) is 0 Å². The van der Waals surface area contributed by atoms with E-state index >= 15 is 0 Å². The van der Waals surface area contributed by atoms with Crippen LogP contribution in [0.5, 0.6) is 0 Å². The van der Waals surface area contributed by atoms with Crippen molar-refractivity contribution in [2.24, 2.45) is 0 Å². The second kappa shape index (κ2) is 4.29. The highest BCUT2D eigenvalue weighted by Gasteiger charge is 2.27. The molecule has 2 heterocycles. The van der Waals surface area contributed by atoms with Gasteiger partial charge in [-0.05, 0) is 26.7 Å². The molecule has 104 valence electrons. The molecule has 0 bridgehead atoms. The summed E-state index contributed by atoms with van der Waals surface area (Å²) in [6.45, 7) is 3.28. The topological polar surface area (TPSA) is 101 Å². The number of aromatic nitrogens is 4. The van der Waals surface area contributed by atoms with E-state index in [2.05, 4.69) is 15.1 Å². The van der Waals surface area contributed by atoms with Crippen LogP contribution in [0.15, 0.2) is 10.9 Å². The van der Waals surface area contributed by atoms with E-state index in [4.69, 9.17) is 0 Å². The number of H-pyrrole nitrogens is 1. The zero-order valence-electron chi connectivity index (χ0n) is 11.2. The Bertz CT molecular complexity index is 755. The summed E-state index contributed by atoms with van der Waals surface area (Å²) in [5.41, 5.74) is 0.779. The predicted molar refractivity (Wildman–Crippen MR) is 70.4 cm³/mol. The quantitative estimate of drug-likeness (QED) is 0.874. The molecule has 1 aliphatic carbocycles. The lowest BCUT2D eigenvalue weighted by molar-refractivity contribution is 0.0695. The highest BCUT2D eigenvalue weighted by Crippen LogP contribution is 2.37. The maximum atomic E-state index is 11.7. The number of aryl methyl sites for hydroxylation is 1. The SMILES string of the molecule is Cc1nn(-c2cc(=O)[nH]c(C3CC3)n2)c(C)c1C(=O)O. The molecule has 0 amide bonds. The fraction of sp³-hybridized carbons (Fsp3) is 0.385. The average molecular weight is 274 g/mol. The minimum atomic E-state index is -1.03. The number of carboxylic acids is 1. The first-order valence-electron chi connectivity index (χ1n) is 6.38. The van der Waals surface area contributed by atoms with Crippen molar-refractivity contribution < 1.29 is 9.90 Å². The first-order chi connectivity index (χ1) is 9.47. The fourth-order valence-corrected chi connectivity index (χ4v) is 2.30. The van der Waals surface area contributed by atoms with E-state index in [1.54, 1.807) is 13.8 Å². The number of aromatic amines is 1. The van der Waals surface area contributed by atoms with Crippen molar-refractivity contribution in [2.75, 3.05) is 0 Å². The molecule has 0 spiro atoms. The van der Waals surface area contributed by atoms with Gasteiger partial charge in [0.25, 0.3) is 5.56 Å². The van der Waals surface area contributed by atoms with Gasteiger partial charge in [-0.2, -0.15) is 5.10 Å². The standard InChI is InChI=1S/C13H14N4O3/c1-6-11(13(19)20)7(2)17(16-6)9-5-10(18)15-12(14-9)8-3-4-8/h5,8H,3-4H2,1-2H3,(H,19,20)(H,14,15,18). The van der Waals surface area contributed by atoms with E-state index in [0.717, 1.165) is 12.8 Å². The van der Waals surface area contributed by atoms with Gasteiger partial charge in [-0.25, -0.2) is 14.5 Å². The van der Waals surface area contributed by atoms with Gasteiger partial charge in [-0.1, -0.05) is 0 Å². The summed E-state index contributed by atoms with van der Waals surface area (Å²) < 4.78 is 1.42. The molecule has 20 heavy (non-hydrogen) atoms. The third-order valence-corrected chi connectivity index (χ3v) is 3.43. The van der Waals surface area contributed by atoms with E-state index in [0.29, 0.717) is 28.9 Å². The lowest BCUT2D eigenvalue weighted by atomic mass is 10.2. The predicted octanol–water partition coefficient (Wildman–Crippen LogP) is 1.15. The van der Waals surface area contributed by atoms with Gasteiger partial charge < -0.3 is 10.1 Å². The van der Waals surface area contributed by atoms with Crippen LogP contribution in [0, 0.1) is 13.8 Å². The molecule has 1 aliphatic rings. The lowest BCUT2D eigenvalue weighted by Crippen LogP contribution is -2.15. The van der Waals surface area contributed by atoms with Crippen LogP contribution in [-0.4, -0.2) is 30.8 Å². The van der Waals surface area contributed by atoms with Crippen molar-refractivity contribution in [3.8, 4) is 5.82 Å². The highest BCUT2D eigenvalue weighted by atomic mass is 16.4. The summed E-state index contributed by atoms with van der Waals surface area (Å²) in [5, 5.41) is 13.4. The number of hydrogen-bond donors (Lipinski definition) is 2. The van der Waals surface area contributed by atoms with Gasteiger partial charge in [0.2, 0.25) is 0 Å². The van der Waals surface area contributed by atoms with Crippen LogP contribution < -0.4 is 5.56 Å². The molecule has 7 nitrogen and oxygen atoms in total. The molecule has 2 aromatic heterocycles. The number of hydrogen-bond acceptors (Lipinski definition) is 4. The van der Waals surface area contributed by atoms with Crippen LogP contribution in [-0.2, 0) is 0 Å². The smallest absolute Gasteiger partial charge is 0.339 e. The summed E-state index contributed by atoms with van der Waals surface area (Å²) in [5.74, 6) is 0.290. The number of carboxylic acid groups (broad SMARTS) is 1. The summed E-state index contributed by atoms with van der Waals surface area (Å²) in [7, 11) is 0. The zero-order chi connectivity index (χ0) is 14.4. The summed E-state index contributed by atoms with van der Waals surface area (Å²) in [4.78, 5) is 30.0. The van der Waals surface area contributed by atoms with Crippen molar-refractivity contribution in [3.05, 3.63) is 39.2 Å². The average Bonchev–Trinajstić information content (AvgIpc) is 3.14. The molecule has 2 aromatic rings. The maximum Gasteiger partial charge on any atom is 0.339 e. The Morgan fingerprint density at radius 3 is 2.70 bits per heavy atom. The van der Waals surface area contributed by atoms with Crippen molar-refractivity contribution in [1.82, 2.24) is 19.7 Å². The van der Waals surface area contributed by atoms with Gasteiger partial charge in [-0.3, -0.25) is 4.79 Å². The van der Waals surface area contributed by atoms with Crippen molar-refractivity contribution in [3.63, 3.8) is 0 Å². The first kappa shape index (κ1) is 12.6. The summed E-state index contributed by atoms with van der Waals surface area (Å²) >= 11 is 0. The Morgan fingerprint density at radius 2 is 2.15 bits per heavy atom. The molecular weight excluding hydrogens is 260 g/mol. The van der Waals surface area contributed by atoms with E-state index in [9.17, 15) is 14.7 Å². The largest absolute Gasteiger partial charge is 0.478 e.